The largest absolute Gasteiger partial charge is 0.313 e. The van der Waals surface area contributed by atoms with E-state index in [1.54, 1.807) is 11.7 Å². The molecule has 1 aromatic heterocycles. The number of halogens is 1. The van der Waals surface area contributed by atoms with Crippen molar-refractivity contribution in [1.29, 1.82) is 0 Å². The average molecular weight is 290 g/mol. The zero-order valence-electron chi connectivity index (χ0n) is 9.90. The van der Waals surface area contributed by atoms with E-state index in [0.717, 1.165) is 0 Å². The first-order valence-corrected chi connectivity index (χ1v) is 6.10. The number of aromatic nitrogens is 2. The molecule has 0 N–H and O–H groups in total. The van der Waals surface area contributed by atoms with Crippen molar-refractivity contribution < 1.29 is 4.92 Å². The second-order valence-electron chi connectivity index (χ2n) is 4.20. The highest BCUT2D eigenvalue weighted by atomic mass is 79.9. The molecule has 16 heavy (non-hydrogen) atoms. The molecule has 0 aromatic carbocycles. The van der Waals surface area contributed by atoms with Crippen LogP contribution in [-0.4, -0.2) is 19.5 Å². The third-order valence-corrected chi connectivity index (χ3v) is 2.69. The molecule has 6 heteroatoms. The summed E-state index contributed by atoms with van der Waals surface area (Å²) in [6.45, 7) is 5.79. The Morgan fingerprint density at radius 2 is 2.06 bits per heavy atom. The third kappa shape index (κ3) is 2.61. The fourth-order valence-electron chi connectivity index (χ4n) is 1.65. The summed E-state index contributed by atoms with van der Waals surface area (Å²) in [4.78, 5) is 10.9. The molecule has 1 heterocycles. The summed E-state index contributed by atoms with van der Waals surface area (Å²) in [7, 11) is 1.75. The van der Waals surface area contributed by atoms with Gasteiger partial charge in [-0.15, -0.1) is 0 Å². The van der Waals surface area contributed by atoms with Crippen LogP contribution in [0, 0.1) is 10.1 Å². The van der Waals surface area contributed by atoms with E-state index in [9.17, 15) is 10.1 Å². The van der Waals surface area contributed by atoms with Crippen LogP contribution in [0.4, 0.5) is 5.69 Å². The summed E-state index contributed by atoms with van der Waals surface area (Å²) in [5.41, 5.74) is 1.41. The molecule has 90 valence electrons. The Kier molecular flexibility index (Phi) is 4.07. The monoisotopic (exact) mass is 289 g/mol. The first kappa shape index (κ1) is 13.2. The van der Waals surface area contributed by atoms with E-state index in [2.05, 4.69) is 21.0 Å². The topological polar surface area (TPSA) is 61.0 Å². The van der Waals surface area contributed by atoms with E-state index in [4.69, 9.17) is 0 Å². The van der Waals surface area contributed by atoms with E-state index in [1.807, 2.05) is 20.8 Å². The van der Waals surface area contributed by atoms with Crippen LogP contribution in [0.3, 0.4) is 0 Å². The molecule has 0 aliphatic carbocycles. The van der Waals surface area contributed by atoms with Crippen molar-refractivity contribution in [2.75, 3.05) is 0 Å². The maximum absolute atomic E-state index is 11.1. The molecule has 5 nitrogen and oxygen atoms in total. The molecule has 1 aromatic rings. The molecular weight excluding hydrogens is 274 g/mol. The van der Waals surface area contributed by atoms with Crippen molar-refractivity contribution in [3.63, 3.8) is 0 Å². The minimum atomic E-state index is -0.326. The predicted octanol–water partition coefficient (Wildman–Crippen LogP) is 2.78. The van der Waals surface area contributed by atoms with Crippen LogP contribution in [-0.2, 0) is 13.5 Å². The number of hydrogen-bond donors (Lipinski definition) is 0. The van der Waals surface area contributed by atoms with Gasteiger partial charge in [0.1, 0.15) is 11.4 Å². The van der Waals surface area contributed by atoms with E-state index < -0.39 is 0 Å². The van der Waals surface area contributed by atoms with Crippen molar-refractivity contribution >= 4 is 21.6 Å². The number of rotatable bonds is 4. The van der Waals surface area contributed by atoms with Crippen LogP contribution in [0.1, 0.15) is 38.1 Å². The summed E-state index contributed by atoms with van der Waals surface area (Å²) in [5.74, 6) is 0.0611. The molecule has 0 radical (unpaired) electrons. The summed E-state index contributed by atoms with van der Waals surface area (Å²) < 4.78 is 1.62. The summed E-state index contributed by atoms with van der Waals surface area (Å²) >= 11 is 3.41. The van der Waals surface area contributed by atoms with Gasteiger partial charge in [0.15, 0.2) is 0 Å². The highest BCUT2D eigenvalue weighted by Crippen LogP contribution is 2.30. The summed E-state index contributed by atoms with van der Waals surface area (Å²) in [5, 5.41) is 15.3. The van der Waals surface area contributed by atoms with Gasteiger partial charge >= 0.3 is 5.69 Å². The lowest BCUT2D eigenvalue weighted by molar-refractivity contribution is -0.386. The predicted molar refractivity (Wildman–Crippen MR) is 66.0 cm³/mol. The molecule has 1 atom stereocenters. The fraction of sp³-hybridized carbons (Fsp3) is 0.700. The molecule has 1 unspecified atom stereocenters. The van der Waals surface area contributed by atoms with Crippen molar-refractivity contribution in [1.82, 2.24) is 9.78 Å². The number of aryl methyl sites for hydroxylation is 1. The quantitative estimate of drug-likeness (QED) is 0.486. The number of alkyl halides is 1. The lowest BCUT2D eigenvalue weighted by Crippen LogP contribution is -2.06. The van der Waals surface area contributed by atoms with Gasteiger partial charge in [0.05, 0.1) is 4.92 Å². The second kappa shape index (κ2) is 4.95. The SMILES string of the molecule is CC(Br)Cc1c([N+](=O)[O-])c(C(C)C)nn1C. The van der Waals surface area contributed by atoms with Crippen LogP contribution >= 0.6 is 15.9 Å². The van der Waals surface area contributed by atoms with Crippen molar-refractivity contribution in [3.05, 3.63) is 21.5 Å². The van der Waals surface area contributed by atoms with Gasteiger partial charge in [0, 0.05) is 24.2 Å². The van der Waals surface area contributed by atoms with E-state index in [1.165, 1.54) is 0 Å². The highest BCUT2D eigenvalue weighted by molar-refractivity contribution is 9.09. The Hall–Kier alpha value is -0.910. The van der Waals surface area contributed by atoms with Gasteiger partial charge in [-0.25, -0.2) is 0 Å². The van der Waals surface area contributed by atoms with E-state index >= 15 is 0 Å². The van der Waals surface area contributed by atoms with Crippen molar-refractivity contribution in [3.8, 4) is 0 Å². The molecule has 0 saturated heterocycles. The first-order chi connectivity index (χ1) is 7.34. The molecule has 0 amide bonds. The normalized spacial score (nSPS) is 13.1. The average Bonchev–Trinajstić information content (AvgIpc) is 2.43. The van der Waals surface area contributed by atoms with Gasteiger partial charge < -0.3 is 0 Å². The van der Waals surface area contributed by atoms with Crippen LogP contribution in [0.25, 0.3) is 0 Å². The fourth-order valence-corrected chi connectivity index (χ4v) is 1.96. The number of nitrogens with zero attached hydrogens (tertiary/aromatic N) is 3. The maximum Gasteiger partial charge on any atom is 0.313 e. The molecule has 0 aliphatic heterocycles. The number of nitro groups is 1. The zero-order chi connectivity index (χ0) is 12.5. The standard InChI is InChI=1S/C10H16BrN3O2/c1-6(2)9-10(14(15)16)8(5-7(3)11)13(4)12-9/h6-7H,5H2,1-4H3. The lowest BCUT2D eigenvalue weighted by atomic mass is 10.1. The zero-order valence-corrected chi connectivity index (χ0v) is 11.5. The minimum absolute atomic E-state index is 0.0611. The number of hydrogen-bond acceptors (Lipinski definition) is 3. The maximum atomic E-state index is 11.1. The van der Waals surface area contributed by atoms with Crippen LogP contribution in [0.5, 0.6) is 0 Å². The first-order valence-electron chi connectivity index (χ1n) is 5.18. The van der Waals surface area contributed by atoms with Crippen molar-refractivity contribution in [2.45, 2.75) is 37.9 Å². The molecule has 0 bridgehead atoms. The van der Waals surface area contributed by atoms with Gasteiger partial charge in [0.25, 0.3) is 0 Å². The smallest absolute Gasteiger partial charge is 0.265 e. The Labute approximate surface area is 103 Å². The lowest BCUT2D eigenvalue weighted by Gasteiger charge is -2.03. The van der Waals surface area contributed by atoms with Gasteiger partial charge in [-0.2, -0.15) is 5.10 Å². The molecule has 1 rings (SSSR count). The minimum Gasteiger partial charge on any atom is -0.265 e. The van der Waals surface area contributed by atoms with Gasteiger partial charge in [0.2, 0.25) is 0 Å². The Morgan fingerprint density at radius 1 is 1.50 bits per heavy atom. The molecule has 0 aliphatic rings. The molecular formula is C10H16BrN3O2. The van der Waals surface area contributed by atoms with Crippen LogP contribution < -0.4 is 0 Å². The van der Waals surface area contributed by atoms with Gasteiger partial charge in [-0.1, -0.05) is 36.7 Å². The second-order valence-corrected chi connectivity index (χ2v) is 5.76. The highest BCUT2D eigenvalue weighted by Gasteiger charge is 2.28. The van der Waals surface area contributed by atoms with Gasteiger partial charge in [-0.3, -0.25) is 14.8 Å². The molecule has 0 spiro atoms. The summed E-state index contributed by atoms with van der Waals surface area (Å²) in [6, 6.07) is 0. The Bertz CT molecular complexity index is 399. The van der Waals surface area contributed by atoms with Crippen LogP contribution in [0.2, 0.25) is 0 Å². The van der Waals surface area contributed by atoms with E-state index in [-0.39, 0.29) is 21.4 Å². The third-order valence-electron chi connectivity index (χ3n) is 2.37. The summed E-state index contributed by atoms with van der Waals surface area (Å²) in [6.07, 6.45) is 0.604. The van der Waals surface area contributed by atoms with E-state index in [0.29, 0.717) is 17.8 Å². The van der Waals surface area contributed by atoms with Crippen LogP contribution in [0.15, 0.2) is 0 Å². The van der Waals surface area contributed by atoms with Crippen molar-refractivity contribution in [2.24, 2.45) is 7.05 Å². The Balaban J connectivity index is 3.30. The molecule has 0 saturated carbocycles. The van der Waals surface area contributed by atoms with Gasteiger partial charge in [-0.05, 0) is 0 Å². The Morgan fingerprint density at radius 3 is 2.44 bits per heavy atom. The molecule has 0 fully saturated rings.